The summed E-state index contributed by atoms with van der Waals surface area (Å²) >= 11 is 1.66. The van der Waals surface area contributed by atoms with E-state index in [4.69, 9.17) is 0 Å². The van der Waals surface area contributed by atoms with Gasteiger partial charge in [0.05, 0.1) is 0 Å². The molecule has 0 radical (unpaired) electrons. The van der Waals surface area contributed by atoms with Gasteiger partial charge in [-0.15, -0.1) is 11.3 Å². The smallest absolute Gasteiger partial charge is 0.111 e. The average molecular weight is 239 g/mol. The van der Waals surface area contributed by atoms with Crippen molar-refractivity contribution in [2.24, 2.45) is 5.92 Å². The number of thiophene rings is 1. The maximum atomic E-state index is 10.7. The zero-order valence-corrected chi connectivity index (χ0v) is 11.1. The van der Waals surface area contributed by atoms with E-state index in [0.29, 0.717) is 5.92 Å². The Bertz CT molecular complexity index is 359. The highest BCUT2D eigenvalue weighted by molar-refractivity contribution is 7.10. The van der Waals surface area contributed by atoms with Crippen LogP contribution in [-0.4, -0.2) is 17.7 Å². The van der Waals surface area contributed by atoms with Crippen LogP contribution < -0.4 is 5.32 Å². The van der Waals surface area contributed by atoms with Crippen LogP contribution in [0.3, 0.4) is 0 Å². The monoisotopic (exact) mass is 239 g/mol. The van der Waals surface area contributed by atoms with Gasteiger partial charge in [-0.2, -0.15) is 0 Å². The first kappa shape index (κ1) is 12.1. The highest BCUT2D eigenvalue weighted by Crippen LogP contribution is 2.35. The van der Waals surface area contributed by atoms with Crippen LogP contribution in [0.25, 0.3) is 0 Å². The van der Waals surface area contributed by atoms with Gasteiger partial charge in [0.25, 0.3) is 0 Å². The molecule has 1 aliphatic heterocycles. The molecule has 2 rings (SSSR count). The van der Waals surface area contributed by atoms with Gasteiger partial charge in [0.1, 0.15) is 5.60 Å². The van der Waals surface area contributed by atoms with Gasteiger partial charge in [0.2, 0.25) is 0 Å². The van der Waals surface area contributed by atoms with Gasteiger partial charge >= 0.3 is 0 Å². The van der Waals surface area contributed by atoms with Crippen LogP contribution in [0.2, 0.25) is 0 Å². The molecule has 1 aromatic heterocycles. The molecule has 3 unspecified atom stereocenters. The Morgan fingerprint density at radius 3 is 2.88 bits per heavy atom. The average Bonchev–Trinajstić information content (AvgIpc) is 2.65. The van der Waals surface area contributed by atoms with Gasteiger partial charge in [0, 0.05) is 10.9 Å². The summed E-state index contributed by atoms with van der Waals surface area (Å²) in [6, 6.07) is 2.27. The van der Waals surface area contributed by atoms with Crippen LogP contribution in [0.4, 0.5) is 0 Å². The van der Waals surface area contributed by atoms with E-state index >= 15 is 0 Å². The third-order valence-electron chi connectivity index (χ3n) is 3.67. The maximum absolute atomic E-state index is 10.7. The molecule has 3 heteroatoms. The summed E-state index contributed by atoms with van der Waals surface area (Å²) in [6.07, 6.45) is 2.28. The normalized spacial score (nSPS) is 30.0. The molecular formula is C13H21NOS. The van der Waals surface area contributed by atoms with Crippen molar-refractivity contribution in [3.8, 4) is 0 Å². The number of nitrogens with one attached hydrogen (secondary N) is 1. The number of piperidine rings is 1. The van der Waals surface area contributed by atoms with Crippen molar-refractivity contribution < 1.29 is 5.11 Å². The second-order valence-electron chi connectivity index (χ2n) is 5.22. The third kappa shape index (κ3) is 2.17. The van der Waals surface area contributed by atoms with Crippen molar-refractivity contribution in [2.75, 3.05) is 6.54 Å². The Hall–Kier alpha value is -0.380. The van der Waals surface area contributed by atoms with Gasteiger partial charge < -0.3 is 10.4 Å². The summed E-state index contributed by atoms with van der Waals surface area (Å²) in [7, 11) is 0. The second kappa shape index (κ2) is 4.47. The topological polar surface area (TPSA) is 32.3 Å². The summed E-state index contributed by atoms with van der Waals surface area (Å²) in [5.74, 6) is 0.706. The lowest BCUT2D eigenvalue weighted by molar-refractivity contribution is 0.00134. The Kier molecular flexibility index (Phi) is 3.38. The van der Waals surface area contributed by atoms with Crippen molar-refractivity contribution in [3.63, 3.8) is 0 Å². The molecule has 0 spiro atoms. The number of aryl methyl sites for hydroxylation is 1. The molecule has 90 valence electrons. The largest absolute Gasteiger partial charge is 0.383 e. The summed E-state index contributed by atoms with van der Waals surface area (Å²) in [5.41, 5.74) is 0.474. The first-order valence-electron chi connectivity index (χ1n) is 6.02. The Morgan fingerprint density at radius 1 is 1.56 bits per heavy atom. The zero-order chi connectivity index (χ0) is 11.8. The van der Waals surface area contributed by atoms with E-state index in [-0.39, 0.29) is 6.04 Å². The van der Waals surface area contributed by atoms with Gasteiger partial charge in [-0.05, 0) is 56.2 Å². The maximum Gasteiger partial charge on any atom is 0.111 e. The number of rotatable bonds is 2. The highest BCUT2D eigenvalue weighted by atomic mass is 32.1. The molecule has 0 amide bonds. The minimum absolute atomic E-state index is 0.189. The lowest BCUT2D eigenvalue weighted by Crippen LogP contribution is -2.50. The molecule has 1 aliphatic rings. The van der Waals surface area contributed by atoms with E-state index in [0.717, 1.165) is 17.8 Å². The van der Waals surface area contributed by atoms with Gasteiger partial charge in [-0.1, -0.05) is 6.92 Å². The van der Waals surface area contributed by atoms with E-state index in [2.05, 4.69) is 30.6 Å². The van der Waals surface area contributed by atoms with Crippen molar-refractivity contribution in [1.29, 1.82) is 0 Å². The van der Waals surface area contributed by atoms with Crippen LogP contribution in [0, 0.1) is 12.8 Å². The zero-order valence-electron chi connectivity index (χ0n) is 10.3. The standard InChI is InChI=1S/C13H21NOS/c1-9-4-6-14-11(8-9)13(3,15)12-10(2)5-7-16-12/h5,7,9,11,14-15H,4,6,8H2,1-3H3. The molecule has 2 heterocycles. The van der Waals surface area contributed by atoms with E-state index < -0.39 is 5.60 Å². The molecule has 1 fully saturated rings. The molecule has 2 nitrogen and oxygen atoms in total. The number of aliphatic hydroxyl groups is 1. The first-order valence-corrected chi connectivity index (χ1v) is 6.90. The minimum Gasteiger partial charge on any atom is -0.383 e. The van der Waals surface area contributed by atoms with Crippen LogP contribution in [-0.2, 0) is 5.60 Å². The summed E-state index contributed by atoms with van der Waals surface area (Å²) in [6.45, 7) is 7.31. The van der Waals surface area contributed by atoms with Crippen LogP contribution >= 0.6 is 11.3 Å². The van der Waals surface area contributed by atoms with E-state index in [1.807, 2.05) is 6.92 Å². The van der Waals surface area contributed by atoms with Gasteiger partial charge in [-0.3, -0.25) is 0 Å². The van der Waals surface area contributed by atoms with Crippen molar-refractivity contribution in [3.05, 3.63) is 21.9 Å². The predicted octanol–water partition coefficient (Wildman–Crippen LogP) is 2.65. The summed E-state index contributed by atoms with van der Waals surface area (Å²) in [5, 5.41) is 16.3. The molecular weight excluding hydrogens is 218 g/mol. The van der Waals surface area contributed by atoms with Crippen LogP contribution in [0.1, 0.15) is 37.1 Å². The highest BCUT2D eigenvalue weighted by Gasteiger charge is 2.37. The molecule has 0 aliphatic carbocycles. The minimum atomic E-state index is -0.729. The Morgan fingerprint density at radius 2 is 2.31 bits per heavy atom. The van der Waals surface area contributed by atoms with E-state index in [1.165, 1.54) is 12.0 Å². The quantitative estimate of drug-likeness (QED) is 0.831. The van der Waals surface area contributed by atoms with Crippen molar-refractivity contribution in [1.82, 2.24) is 5.32 Å². The van der Waals surface area contributed by atoms with Crippen molar-refractivity contribution >= 4 is 11.3 Å². The fourth-order valence-electron chi connectivity index (χ4n) is 2.59. The lowest BCUT2D eigenvalue weighted by Gasteiger charge is -2.38. The molecule has 1 aromatic rings. The summed E-state index contributed by atoms with van der Waals surface area (Å²) in [4.78, 5) is 1.11. The molecule has 0 bridgehead atoms. The molecule has 3 atom stereocenters. The predicted molar refractivity (Wildman–Crippen MR) is 68.8 cm³/mol. The fourth-order valence-corrected chi connectivity index (χ4v) is 3.63. The lowest BCUT2D eigenvalue weighted by atomic mass is 9.83. The SMILES string of the molecule is Cc1ccsc1C(C)(O)C1CC(C)CCN1. The van der Waals surface area contributed by atoms with Gasteiger partial charge in [0.15, 0.2) is 0 Å². The molecule has 16 heavy (non-hydrogen) atoms. The van der Waals surface area contributed by atoms with Gasteiger partial charge in [-0.25, -0.2) is 0 Å². The van der Waals surface area contributed by atoms with E-state index in [1.54, 1.807) is 11.3 Å². The van der Waals surface area contributed by atoms with Crippen LogP contribution in [0.5, 0.6) is 0 Å². The molecule has 2 N–H and O–H groups in total. The molecule has 0 aromatic carbocycles. The Labute approximate surface area is 102 Å². The van der Waals surface area contributed by atoms with E-state index in [9.17, 15) is 5.11 Å². The fraction of sp³-hybridized carbons (Fsp3) is 0.692. The first-order chi connectivity index (χ1) is 7.51. The third-order valence-corrected chi connectivity index (χ3v) is 4.91. The summed E-state index contributed by atoms with van der Waals surface area (Å²) < 4.78 is 0. The van der Waals surface area contributed by atoms with Crippen LogP contribution in [0.15, 0.2) is 11.4 Å². The molecule has 1 saturated heterocycles. The van der Waals surface area contributed by atoms with Crippen molar-refractivity contribution in [2.45, 2.75) is 45.3 Å². The Balaban J connectivity index is 2.21. The second-order valence-corrected chi connectivity index (χ2v) is 6.13. The molecule has 0 saturated carbocycles. The number of hydrogen-bond donors (Lipinski definition) is 2. The number of hydrogen-bond acceptors (Lipinski definition) is 3.